The number of nitrogens with one attached hydrogen (secondary N) is 3. The quantitative estimate of drug-likeness (QED) is 0.771. The summed E-state index contributed by atoms with van der Waals surface area (Å²) < 4.78 is 5.55. The van der Waals surface area contributed by atoms with Gasteiger partial charge in [-0.05, 0) is 6.07 Å². The molecule has 1 aromatic heterocycles. The number of carbonyl (C=O) groups excluding carboxylic acids is 1. The molecule has 2 amide bonds. The molecule has 0 saturated carbocycles. The topological polar surface area (TPSA) is 79.0 Å². The average Bonchev–Trinajstić information content (AvgIpc) is 2.92. The highest BCUT2D eigenvalue weighted by molar-refractivity contribution is 5.89. The largest absolute Gasteiger partial charge is 0.493 e. The first-order valence-electron chi connectivity index (χ1n) is 6.11. The number of ether oxygens (including phenoxy) is 1. The van der Waals surface area contributed by atoms with Crippen molar-refractivity contribution in [3.8, 4) is 5.75 Å². The van der Waals surface area contributed by atoms with Gasteiger partial charge in [0, 0.05) is 18.2 Å². The van der Waals surface area contributed by atoms with Crippen molar-refractivity contribution in [1.82, 2.24) is 15.5 Å². The molecule has 0 spiro atoms. The van der Waals surface area contributed by atoms with Crippen LogP contribution in [0.5, 0.6) is 5.75 Å². The van der Waals surface area contributed by atoms with E-state index in [1.54, 1.807) is 12.4 Å². The Balaban J connectivity index is 1.69. The molecular formula is C13H14N4O2. The summed E-state index contributed by atoms with van der Waals surface area (Å²) in [6.45, 7) is 0.605. The van der Waals surface area contributed by atoms with Crippen molar-refractivity contribution < 1.29 is 9.53 Å². The van der Waals surface area contributed by atoms with Crippen LogP contribution in [-0.2, 0) is 0 Å². The molecule has 6 nitrogen and oxygen atoms in total. The van der Waals surface area contributed by atoms with Gasteiger partial charge in [0.15, 0.2) is 0 Å². The smallest absolute Gasteiger partial charge is 0.319 e. The van der Waals surface area contributed by atoms with Crippen LogP contribution in [0.25, 0.3) is 0 Å². The van der Waals surface area contributed by atoms with Crippen molar-refractivity contribution in [3.05, 3.63) is 42.2 Å². The third-order valence-electron chi connectivity index (χ3n) is 3.02. The second-order valence-electron chi connectivity index (χ2n) is 4.31. The number of amides is 2. The Kier molecular flexibility index (Phi) is 3.06. The normalized spacial score (nSPS) is 17.2. The monoisotopic (exact) mass is 258 g/mol. The molecule has 2 aromatic rings. The Labute approximate surface area is 110 Å². The van der Waals surface area contributed by atoms with Gasteiger partial charge in [0.1, 0.15) is 5.75 Å². The fourth-order valence-corrected chi connectivity index (χ4v) is 2.14. The van der Waals surface area contributed by atoms with Crippen molar-refractivity contribution in [3.63, 3.8) is 0 Å². The van der Waals surface area contributed by atoms with E-state index in [4.69, 9.17) is 4.74 Å². The number of urea groups is 1. The molecule has 98 valence electrons. The molecule has 3 N–H and O–H groups in total. The molecule has 6 heteroatoms. The van der Waals surface area contributed by atoms with Gasteiger partial charge >= 0.3 is 6.03 Å². The summed E-state index contributed by atoms with van der Waals surface area (Å²) in [5.41, 5.74) is 1.65. The van der Waals surface area contributed by atoms with Crippen LogP contribution in [0.1, 0.15) is 18.0 Å². The number of hydrogen-bond acceptors (Lipinski definition) is 3. The van der Waals surface area contributed by atoms with Crippen LogP contribution in [0.4, 0.5) is 10.5 Å². The number of anilines is 1. The van der Waals surface area contributed by atoms with Crippen LogP contribution in [0.2, 0.25) is 0 Å². The van der Waals surface area contributed by atoms with E-state index in [1.165, 1.54) is 0 Å². The zero-order valence-electron chi connectivity index (χ0n) is 10.2. The van der Waals surface area contributed by atoms with Crippen LogP contribution >= 0.6 is 0 Å². The summed E-state index contributed by atoms with van der Waals surface area (Å²) in [6.07, 6.45) is 3.94. The van der Waals surface area contributed by atoms with Crippen LogP contribution in [0.15, 0.2) is 36.7 Å². The van der Waals surface area contributed by atoms with Gasteiger partial charge in [0.2, 0.25) is 0 Å². The lowest BCUT2D eigenvalue weighted by Gasteiger charge is -2.26. The van der Waals surface area contributed by atoms with E-state index in [9.17, 15) is 4.79 Å². The number of nitrogens with zero attached hydrogens (tertiary/aromatic N) is 1. The summed E-state index contributed by atoms with van der Waals surface area (Å²) >= 11 is 0. The molecule has 19 heavy (non-hydrogen) atoms. The van der Waals surface area contributed by atoms with E-state index >= 15 is 0 Å². The first-order valence-corrected chi connectivity index (χ1v) is 6.11. The van der Waals surface area contributed by atoms with E-state index in [-0.39, 0.29) is 12.1 Å². The number of para-hydroxylation sites is 1. The second kappa shape index (κ2) is 5.01. The molecule has 0 saturated heterocycles. The lowest BCUT2D eigenvalue weighted by molar-refractivity contribution is 0.232. The maximum atomic E-state index is 11.9. The minimum absolute atomic E-state index is 0.0307. The number of aromatic nitrogens is 2. The van der Waals surface area contributed by atoms with Crippen LogP contribution in [0, 0.1) is 0 Å². The molecule has 1 aliphatic rings. The summed E-state index contributed by atoms with van der Waals surface area (Å²) in [6, 6.07) is 7.47. The average molecular weight is 258 g/mol. The zero-order valence-corrected chi connectivity index (χ0v) is 10.2. The molecule has 1 atom stereocenters. The van der Waals surface area contributed by atoms with E-state index in [2.05, 4.69) is 20.8 Å². The molecule has 2 heterocycles. The van der Waals surface area contributed by atoms with E-state index < -0.39 is 0 Å². The molecule has 0 fully saturated rings. The zero-order chi connectivity index (χ0) is 13.1. The van der Waals surface area contributed by atoms with Crippen molar-refractivity contribution >= 4 is 11.7 Å². The van der Waals surface area contributed by atoms with Crippen molar-refractivity contribution in [2.45, 2.75) is 12.5 Å². The van der Waals surface area contributed by atoms with Crippen LogP contribution in [0.3, 0.4) is 0 Å². The van der Waals surface area contributed by atoms with Gasteiger partial charge in [-0.2, -0.15) is 5.10 Å². The second-order valence-corrected chi connectivity index (χ2v) is 4.31. The molecule has 0 unspecified atom stereocenters. The Morgan fingerprint density at radius 3 is 3.16 bits per heavy atom. The van der Waals surface area contributed by atoms with Gasteiger partial charge in [-0.1, -0.05) is 18.2 Å². The van der Waals surface area contributed by atoms with Gasteiger partial charge in [-0.25, -0.2) is 4.79 Å². The number of benzene rings is 1. The third kappa shape index (κ3) is 2.52. The van der Waals surface area contributed by atoms with Gasteiger partial charge in [0.25, 0.3) is 0 Å². The minimum atomic E-state index is -0.247. The fourth-order valence-electron chi connectivity index (χ4n) is 2.14. The number of rotatable bonds is 2. The number of fused-ring (bicyclic) bond motifs is 1. The number of hydrogen-bond donors (Lipinski definition) is 3. The van der Waals surface area contributed by atoms with Crippen LogP contribution < -0.4 is 15.4 Å². The highest BCUT2D eigenvalue weighted by atomic mass is 16.5. The molecule has 3 rings (SSSR count). The Morgan fingerprint density at radius 1 is 1.42 bits per heavy atom. The number of H-pyrrole nitrogens is 1. The Bertz CT molecular complexity index is 568. The minimum Gasteiger partial charge on any atom is -0.493 e. The molecule has 1 aliphatic heterocycles. The first-order chi connectivity index (χ1) is 9.33. The first kappa shape index (κ1) is 11.6. The maximum Gasteiger partial charge on any atom is 0.319 e. The van der Waals surface area contributed by atoms with E-state index in [0.29, 0.717) is 12.3 Å². The maximum absolute atomic E-state index is 11.9. The standard InChI is InChI=1S/C13H14N4O2/c18-13(16-9-7-14-15-8-9)17-11-5-6-19-12-4-2-1-3-10(11)12/h1-4,7-8,11H,5-6H2,(H,14,15)(H2,16,17,18)/t11-/m1/s1. The highest BCUT2D eigenvalue weighted by Gasteiger charge is 2.22. The van der Waals surface area contributed by atoms with Crippen molar-refractivity contribution in [2.75, 3.05) is 11.9 Å². The summed E-state index contributed by atoms with van der Waals surface area (Å²) in [5.74, 6) is 0.836. The predicted molar refractivity (Wildman–Crippen MR) is 70.0 cm³/mol. The molecule has 0 aliphatic carbocycles. The highest BCUT2D eigenvalue weighted by Crippen LogP contribution is 2.31. The van der Waals surface area contributed by atoms with Gasteiger partial charge in [0.05, 0.1) is 24.5 Å². The lowest BCUT2D eigenvalue weighted by Crippen LogP contribution is -2.35. The van der Waals surface area contributed by atoms with Gasteiger partial charge < -0.3 is 15.4 Å². The fraction of sp³-hybridized carbons (Fsp3) is 0.231. The molecule has 0 bridgehead atoms. The van der Waals surface area contributed by atoms with Crippen LogP contribution in [-0.4, -0.2) is 22.8 Å². The van der Waals surface area contributed by atoms with Gasteiger partial charge in [-0.15, -0.1) is 0 Å². The SMILES string of the molecule is O=C(Nc1cn[nH]c1)N[C@@H]1CCOc2ccccc21. The Morgan fingerprint density at radius 2 is 2.32 bits per heavy atom. The van der Waals surface area contributed by atoms with E-state index in [1.807, 2.05) is 24.3 Å². The molecule has 1 aromatic carbocycles. The number of carbonyl (C=O) groups is 1. The van der Waals surface area contributed by atoms with Crippen molar-refractivity contribution in [2.24, 2.45) is 0 Å². The molecular weight excluding hydrogens is 244 g/mol. The Hall–Kier alpha value is -2.50. The molecule has 0 radical (unpaired) electrons. The summed E-state index contributed by atoms with van der Waals surface area (Å²) in [5, 5.41) is 12.1. The summed E-state index contributed by atoms with van der Waals surface area (Å²) in [7, 11) is 0. The third-order valence-corrected chi connectivity index (χ3v) is 3.02. The van der Waals surface area contributed by atoms with E-state index in [0.717, 1.165) is 17.7 Å². The van der Waals surface area contributed by atoms with Crippen molar-refractivity contribution in [1.29, 1.82) is 0 Å². The lowest BCUT2D eigenvalue weighted by atomic mass is 10.0. The predicted octanol–water partition coefficient (Wildman–Crippen LogP) is 2.05. The summed E-state index contributed by atoms with van der Waals surface area (Å²) in [4.78, 5) is 11.9. The number of aromatic amines is 1. The van der Waals surface area contributed by atoms with Gasteiger partial charge in [-0.3, -0.25) is 5.10 Å².